The van der Waals surface area contributed by atoms with Gasteiger partial charge in [-0.1, -0.05) is 12.1 Å². The highest BCUT2D eigenvalue weighted by molar-refractivity contribution is 9.13. The summed E-state index contributed by atoms with van der Waals surface area (Å²) in [6, 6.07) is 11.1. The molecule has 104 valence electrons. The maximum absolute atomic E-state index is 11.0. The highest BCUT2D eigenvalue weighted by Crippen LogP contribution is 2.34. The zero-order valence-electron chi connectivity index (χ0n) is 10.6. The van der Waals surface area contributed by atoms with E-state index >= 15 is 0 Å². The summed E-state index contributed by atoms with van der Waals surface area (Å²) in [5.41, 5.74) is 1.99. The van der Waals surface area contributed by atoms with E-state index < -0.39 is 4.92 Å². The van der Waals surface area contributed by atoms with Crippen LogP contribution in [0.25, 0.3) is 0 Å². The minimum Gasteiger partial charge on any atom is -0.497 e. The summed E-state index contributed by atoms with van der Waals surface area (Å²) < 4.78 is 6.24. The van der Waals surface area contributed by atoms with Crippen molar-refractivity contribution in [2.24, 2.45) is 0 Å². The van der Waals surface area contributed by atoms with Crippen LogP contribution in [0.2, 0.25) is 0 Å². The Morgan fingerprint density at radius 3 is 2.35 bits per heavy atom. The van der Waals surface area contributed by atoms with Crippen molar-refractivity contribution < 1.29 is 9.66 Å². The first-order chi connectivity index (χ1) is 9.51. The Morgan fingerprint density at radius 2 is 1.80 bits per heavy atom. The average molecular weight is 401 g/mol. The van der Waals surface area contributed by atoms with E-state index in [9.17, 15) is 10.1 Å². The Bertz CT molecular complexity index is 642. The third-order valence-electron chi connectivity index (χ3n) is 2.83. The van der Waals surface area contributed by atoms with Crippen molar-refractivity contribution in [3.63, 3.8) is 0 Å². The van der Waals surface area contributed by atoms with Crippen molar-refractivity contribution in [3.05, 3.63) is 66.6 Å². The van der Waals surface area contributed by atoms with Gasteiger partial charge in [-0.25, -0.2) is 0 Å². The van der Waals surface area contributed by atoms with Crippen LogP contribution in [0, 0.1) is 10.1 Å². The van der Waals surface area contributed by atoms with E-state index in [4.69, 9.17) is 4.74 Å². The van der Waals surface area contributed by atoms with Gasteiger partial charge in [0.2, 0.25) is 0 Å². The lowest BCUT2D eigenvalue weighted by Crippen LogP contribution is -1.95. The lowest BCUT2D eigenvalue weighted by molar-refractivity contribution is -0.385. The van der Waals surface area contributed by atoms with E-state index in [1.54, 1.807) is 13.2 Å². The van der Waals surface area contributed by atoms with Gasteiger partial charge < -0.3 is 4.74 Å². The summed E-state index contributed by atoms with van der Waals surface area (Å²) >= 11 is 6.54. The van der Waals surface area contributed by atoms with Crippen LogP contribution in [0.15, 0.2) is 45.3 Å². The van der Waals surface area contributed by atoms with Crippen molar-refractivity contribution in [3.8, 4) is 5.75 Å². The van der Waals surface area contributed by atoms with Gasteiger partial charge in [0.05, 0.1) is 12.0 Å². The third-order valence-corrected chi connectivity index (χ3v) is 4.82. The fraction of sp³-hybridized carbons (Fsp3) is 0.143. The first-order valence-electron chi connectivity index (χ1n) is 5.76. The summed E-state index contributed by atoms with van der Waals surface area (Å²) in [6.07, 6.45) is 0.622. The number of ether oxygens (including phenoxy) is 1. The van der Waals surface area contributed by atoms with E-state index in [2.05, 4.69) is 31.9 Å². The molecular formula is C14H11Br2NO3. The highest BCUT2D eigenvalue weighted by Gasteiger charge is 2.16. The van der Waals surface area contributed by atoms with Gasteiger partial charge in [0.15, 0.2) is 0 Å². The van der Waals surface area contributed by atoms with Crippen LogP contribution in [0.1, 0.15) is 11.1 Å². The van der Waals surface area contributed by atoms with Gasteiger partial charge in [0, 0.05) is 10.5 Å². The number of rotatable bonds is 4. The quantitative estimate of drug-likeness (QED) is 0.551. The number of halogens is 2. The molecule has 0 spiro atoms. The molecule has 4 nitrogen and oxygen atoms in total. The maximum atomic E-state index is 11.0. The molecular weight excluding hydrogens is 390 g/mol. The van der Waals surface area contributed by atoms with Gasteiger partial charge in [-0.2, -0.15) is 0 Å². The molecule has 0 saturated heterocycles. The van der Waals surface area contributed by atoms with Crippen molar-refractivity contribution in [2.75, 3.05) is 7.11 Å². The second-order valence-electron chi connectivity index (χ2n) is 4.19. The average Bonchev–Trinajstić information content (AvgIpc) is 2.43. The van der Waals surface area contributed by atoms with Gasteiger partial charge in [-0.3, -0.25) is 10.1 Å². The Balaban J connectivity index is 2.31. The molecule has 0 aromatic heterocycles. The predicted molar refractivity (Wildman–Crippen MR) is 84.3 cm³/mol. The summed E-state index contributed by atoms with van der Waals surface area (Å²) in [5, 5.41) is 11.0. The second kappa shape index (κ2) is 6.37. The molecule has 0 saturated carbocycles. The van der Waals surface area contributed by atoms with Crippen LogP contribution in [-0.2, 0) is 6.42 Å². The second-order valence-corrected chi connectivity index (χ2v) is 5.84. The number of nitro benzene ring substituents is 1. The van der Waals surface area contributed by atoms with Gasteiger partial charge >= 0.3 is 0 Å². The van der Waals surface area contributed by atoms with Crippen molar-refractivity contribution in [1.82, 2.24) is 0 Å². The first kappa shape index (κ1) is 15.0. The molecule has 2 aromatic carbocycles. The maximum Gasteiger partial charge on any atom is 0.284 e. The number of nitrogens with zero attached hydrogens (tertiary/aromatic N) is 1. The molecule has 0 unspecified atom stereocenters. The van der Waals surface area contributed by atoms with Crippen LogP contribution < -0.4 is 4.74 Å². The lowest BCUT2D eigenvalue weighted by Gasteiger charge is -2.06. The van der Waals surface area contributed by atoms with Crippen LogP contribution in [0.3, 0.4) is 0 Å². The Morgan fingerprint density at radius 1 is 1.15 bits per heavy atom. The molecule has 0 atom stereocenters. The minimum atomic E-state index is -0.396. The van der Waals surface area contributed by atoms with E-state index in [0.29, 0.717) is 15.4 Å². The zero-order chi connectivity index (χ0) is 14.7. The number of hydrogen-bond acceptors (Lipinski definition) is 3. The molecule has 0 heterocycles. The molecule has 0 aliphatic carbocycles. The monoisotopic (exact) mass is 399 g/mol. The van der Waals surface area contributed by atoms with Crippen molar-refractivity contribution in [1.29, 1.82) is 0 Å². The van der Waals surface area contributed by atoms with Crippen LogP contribution in [-0.4, -0.2) is 12.0 Å². The molecule has 0 fully saturated rings. The molecule has 2 rings (SSSR count). The van der Waals surface area contributed by atoms with Gasteiger partial charge in [-0.05, 0) is 67.6 Å². The van der Waals surface area contributed by atoms with Crippen LogP contribution in [0.4, 0.5) is 5.69 Å². The molecule has 0 N–H and O–H groups in total. The Labute approximate surface area is 133 Å². The topological polar surface area (TPSA) is 52.4 Å². The van der Waals surface area contributed by atoms with Crippen molar-refractivity contribution >= 4 is 37.5 Å². The van der Waals surface area contributed by atoms with Crippen LogP contribution in [0.5, 0.6) is 5.75 Å². The SMILES string of the molecule is COc1ccc(Cc2cc(Br)c(Br)c([N+](=O)[O-])c2)cc1. The van der Waals surface area contributed by atoms with Crippen LogP contribution >= 0.6 is 31.9 Å². The van der Waals surface area contributed by atoms with Crippen molar-refractivity contribution in [2.45, 2.75) is 6.42 Å². The molecule has 6 heteroatoms. The van der Waals surface area contributed by atoms with E-state index in [0.717, 1.165) is 16.9 Å². The molecule has 0 aliphatic rings. The standard InChI is InChI=1S/C14H11Br2NO3/c1-20-11-4-2-9(3-5-11)6-10-7-12(15)14(16)13(8-10)17(18)19/h2-5,7-8H,6H2,1H3. The largest absolute Gasteiger partial charge is 0.497 e. The van der Waals surface area contributed by atoms with Gasteiger partial charge in [0.1, 0.15) is 10.2 Å². The minimum absolute atomic E-state index is 0.0582. The third kappa shape index (κ3) is 3.37. The molecule has 0 aliphatic heterocycles. The lowest BCUT2D eigenvalue weighted by atomic mass is 10.0. The molecule has 20 heavy (non-hydrogen) atoms. The van der Waals surface area contributed by atoms with Gasteiger partial charge in [0.25, 0.3) is 5.69 Å². The summed E-state index contributed by atoms with van der Waals surface area (Å²) in [7, 11) is 1.62. The first-order valence-corrected chi connectivity index (χ1v) is 7.35. The smallest absolute Gasteiger partial charge is 0.284 e. The van der Waals surface area contributed by atoms with E-state index in [1.165, 1.54) is 0 Å². The molecule has 0 amide bonds. The fourth-order valence-electron chi connectivity index (χ4n) is 1.84. The predicted octanol–water partition coefficient (Wildman–Crippen LogP) is 4.72. The summed E-state index contributed by atoms with van der Waals surface area (Å²) in [6.45, 7) is 0. The number of hydrogen-bond donors (Lipinski definition) is 0. The van der Waals surface area contributed by atoms with E-state index in [-0.39, 0.29) is 5.69 Å². The highest BCUT2D eigenvalue weighted by atomic mass is 79.9. The molecule has 0 radical (unpaired) electrons. The molecule has 2 aromatic rings. The summed E-state index contributed by atoms with van der Waals surface area (Å²) in [5.74, 6) is 0.789. The van der Waals surface area contributed by atoms with Gasteiger partial charge in [-0.15, -0.1) is 0 Å². The number of benzene rings is 2. The molecule has 0 bridgehead atoms. The Hall–Kier alpha value is -1.40. The normalized spacial score (nSPS) is 10.3. The fourth-order valence-corrected chi connectivity index (χ4v) is 2.71. The van der Waals surface area contributed by atoms with E-state index in [1.807, 2.05) is 30.3 Å². The number of nitro groups is 1. The Kier molecular flexibility index (Phi) is 4.77. The number of methoxy groups -OCH3 is 1. The summed E-state index contributed by atoms with van der Waals surface area (Å²) in [4.78, 5) is 10.6. The zero-order valence-corrected chi connectivity index (χ0v) is 13.8.